The van der Waals surface area contributed by atoms with Gasteiger partial charge in [0.15, 0.2) is 11.6 Å². The molecule has 30 heavy (non-hydrogen) atoms. The maximum absolute atomic E-state index is 14.5. The Morgan fingerprint density at radius 1 is 0.933 bits per heavy atom. The fraction of sp³-hybridized carbons (Fsp3) is 0.0476. The van der Waals surface area contributed by atoms with Gasteiger partial charge < -0.3 is 5.73 Å². The molecule has 0 aliphatic carbocycles. The first-order chi connectivity index (χ1) is 14.1. The number of nitrogen functional groups attached to an aromatic ring is 1. The fourth-order valence-corrected chi connectivity index (χ4v) is 3.12. The minimum Gasteiger partial charge on any atom is -0.382 e. The number of anilines is 1. The molecule has 0 saturated carbocycles. The second-order valence-corrected chi connectivity index (χ2v) is 6.52. The molecule has 0 radical (unpaired) electrons. The number of nitrogens with zero attached hydrogens (tertiary/aromatic N) is 2. The lowest BCUT2D eigenvalue weighted by Crippen LogP contribution is -2.06. The second kappa shape index (κ2) is 6.94. The maximum atomic E-state index is 14.5. The van der Waals surface area contributed by atoms with Crippen molar-refractivity contribution in [1.82, 2.24) is 9.38 Å². The van der Waals surface area contributed by atoms with Crippen molar-refractivity contribution in [2.24, 2.45) is 0 Å². The third-order valence-corrected chi connectivity index (χ3v) is 4.57. The van der Waals surface area contributed by atoms with Gasteiger partial charge in [-0.15, -0.1) is 0 Å². The van der Waals surface area contributed by atoms with Gasteiger partial charge in [0.05, 0.1) is 11.3 Å². The summed E-state index contributed by atoms with van der Waals surface area (Å²) in [5, 5.41) is 0. The standard InChI is InChI=1S/C21H12F5N3O/c22-14-5-1-11(2-6-14)19(30)12-3-8-17-28-20(27)18(29(17)10-12)15-7-4-13(9-16(15)23)21(24,25)26/h1-10H,27H2. The van der Waals surface area contributed by atoms with Crippen molar-refractivity contribution in [3.05, 3.63) is 89.1 Å². The summed E-state index contributed by atoms with van der Waals surface area (Å²) < 4.78 is 67.4. The van der Waals surface area contributed by atoms with Crippen LogP contribution in [0.2, 0.25) is 0 Å². The molecule has 2 heterocycles. The molecule has 0 aliphatic heterocycles. The lowest BCUT2D eigenvalue weighted by molar-refractivity contribution is -0.137. The highest BCUT2D eigenvalue weighted by molar-refractivity contribution is 6.09. The number of pyridine rings is 1. The van der Waals surface area contributed by atoms with Crippen LogP contribution in [-0.2, 0) is 6.18 Å². The number of imidazole rings is 1. The first-order valence-electron chi connectivity index (χ1n) is 8.60. The van der Waals surface area contributed by atoms with E-state index in [9.17, 15) is 26.7 Å². The van der Waals surface area contributed by atoms with E-state index in [0.29, 0.717) is 6.07 Å². The number of rotatable bonds is 3. The molecule has 0 aliphatic rings. The summed E-state index contributed by atoms with van der Waals surface area (Å²) in [5.41, 5.74) is 5.26. The van der Waals surface area contributed by atoms with Gasteiger partial charge in [-0.25, -0.2) is 13.8 Å². The number of fused-ring (bicyclic) bond motifs is 1. The lowest BCUT2D eigenvalue weighted by Gasteiger charge is -2.10. The molecule has 0 fully saturated rings. The van der Waals surface area contributed by atoms with Crippen molar-refractivity contribution in [2.75, 3.05) is 5.73 Å². The van der Waals surface area contributed by atoms with Crippen LogP contribution in [0.15, 0.2) is 60.8 Å². The van der Waals surface area contributed by atoms with Crippen LogP contribution in [0.1, 0.15) is 21.5 Å². The number of halogens is 5. The van der Waals surface area contributed by atoms with Crippen molar-refractivity contribution >= 4 is 17.2 Å². The summed E-state index contributed by atoms with van der Waals surface area (Å²) in [6.45, 7) is 0. The van der Waals surface area contributed by atoms with Crippen LogP contribution in [0.3, 0.4) is 0 Å². The van der Waals surface area contributed by atoms with E-state index in [0.717, 1.165) is 24.3 Å². The minimum absolute atomic E-state index is 0.0185. The predicted molar refractivity (Wildman–Crippen MR) is 99.8 cm³/mol. The molecule has 2 aromatic heterocycles. The third kappa shape index (κ3) is 3.38. The fourth-order valence-electron chi connectivity index (χ4n) is 3.12. The largest absolute Gasteiger partial charge is 0.416 e. The van der Waals surface area contributed by atoms with Gasteiger partial charge in [-0.05, 0) is 54.6 Å². The first-order valence-corrected chi connectivity index (χ1v) is 8.60. The molecule has 0 amide bonds. The summed E-state index contributed by atoms with van der Waals surface area (Å²) in [4.78, 5) is 16.8. The van der Waals surface area contributed by atoms with E-state index in [-0.39, 0.29) is 33.8 Å². The second-order valence-electron chi connectivity index (χ2n) is 6.52. The summed E-state index contributed by atoms with van der Waals surface area (Å²) in [7, 11) is 0. The Labute approximate surface area is 166 Å². The Morgan fingerprint density at radius 3 is 2.23 bits per heavy atom. The van der Waals surface area contributed by atoms with Gasteiger partial charge in [-0.2, -0.15) is 13.2 Å². The average molecular weight is 417 g/mol. The molecule has 152 valence electrons. The van der Waals surface area contributed by atoms with Gasteiger partial charge >= 0.3 is 6.18 Å². The quantitative estimate of drug-likeness (QED) is 0.372. The van der Waals surface area contributed by atoms with Crippen molar-refractivity contribution in [1.29, 1.82) is 0 Å². The summed E-state index contributed by atoms with van der Waals surface area (Å²) >= 11 is 0. The molecule has 0 unspecified atom stereocenters. The number of ketones is 1. The Kier molecular flexibility index (Phi) is 4.53. The lowest BCUT2D eigenvalue weighted by atomic mass is 10.0. The Bertz CT molecular complexity index is 1280. The molecule has 0 spiro atoms. The van der Waals surface area contributed by atoms with Crippen LogP contribution in [0, 0.1) is 11.6 Å². The van der Waals surface area contributed by atoms with Gasteiger partial charge in [0.25, 0.3) is 0 Å². The summed E-state index contributed by atoms with van der Waals surface area (Å²) in [5.74, 6) is -2.17. The smallest absolute Gasteiger partial charge is 0.382 e. The molecule has 2 aromatic carbocycles. The van der Waals surface area contributed by atoms with E-state index in [1.54, 1.807) is 0 Å². The van der Waals surface area contributed by atoms with E-state index in [1.807, 2.05) is 0 Å². The maximum Gasteiger partial charge on any atom is 0.416 e. The Hall–Kier alpha value is -3.75. The molecule has 4 rings (SSSR count). The minimum atomic E-state index is -4.70. The highest BCUT2D eigenvalue weighted by Crippen LogP contribution is 2.35. The van der Waals surface area contributed by atoms with E-state index in [4.69, 9.17) is 5.73 Å². The number of nitrogens with two attached hydrogens (primary N) is 1. The zero-order valence-corrected chi connectivity index (χ0v) is 15.0. The molecular weight excluding hydrogens is 405 g/mol. The highest BCUT2D eigenvalue weighted by Gasteiger charge is 2.31. The first kappa shape index (κ1) is 19.6. The monoisotopic (exact) mass is 417 g/mol. The molecule has 0 atom stereocenters. The van der Waals surface area contributed by atoms with E-state index >= 15 is 0 Å². The third-order valence-electron chi connectivity index (χ3n) is 4.57. The topological polar surface area (TPSA) is 60.4 Å². The molecule has 0 bridgehead atoms. The van der Waals surface area contributed by atoms with Crippen molar-refractivity contribution in [3.63, 3.8) is 0 Å². The van der Waals surface area contributed by atoms with Gasteiger partial charge in [0.1, 0.15) is 17.3 Å². The van der Waals surface area contributed by atoms with Crippen LogP contribution in [0.25, 0.3) is 16.9 Å². The Balaban J connectivity index is 1.84. The van der Waals surface area contributed by atoms with Crippen molar-refractivity contribution in [2.45, 2.75) is 6.18 Å². The molecule has 0 saturated heterocycles. The van der Waals surface area contributed by atoms with E-state index in [1.165, 1.54) is 34.9 Å². The van der Waals surface area contributed by atoms with E-state index in [2.05, 4.69) is 4.98 Å². The normalized spacial score (nSPS) is 11.8. The zero-order valence-electron chi connectivity index (χ0n) is 15.0. The van der Waals surface area contributed by atoms with Gasteiger partial charge in [-0.3, -0.25) is 9.20 Å². The molecule has 4 nitrogen and oxygen atoms in total. The predicted octanol–water partition coefficient (Wildman–Crippen LogP) is 5.11. The van der Waals surface area contributed by atoms with Gasteiger partial charge in [-0.1, -0.05) is 0 Å². The van der Waals surface area contributed by atoms with Crippen molar-refractivity contribution < 1.29 is 26.7 Å². The number of carbonyl (C=O) groups is 1. The van der Waals surface area contributed by atoms with Crippen LogP contribution >= 0.6 is 0 Å². The number of hydrogen-bond acceptors (Lipinski definition) is 3. The number of aromatic nitrogens is 2. The molecule has 2 N–H and O–H groups in total. The average Bonchev–Trinajstić information content (AvgIpc) is 3.02. The molecule has 9 heteroatoms. The van der Waals surface area contributed by atoms with E-state index < -0.39 is 29.2 Å². The van der Waals surface area contributed by atoms with Crippen LogP contribution < -0.4 is 5.73 Å². The number of alkyl halides is 3. The number of carbonyl (C=O) groups excluding carboxylic acids is 1. The number of hydrogen-bond donors (Lipinski definition) is 1. The van der Waals surface area contributed by atoms with Crippen LogP contribution in [0.4, 0.5) is 27.8 Å². The van der Waals surface area contributed by atoms with Gasteiger partial charge in [0.2, 0.25) is 0 Å². The zero-order chi connectivity index (χ0) is 21.6. The summed E-state index contributed by atoms with van der Waals surface area (Å²) in [6, 6.07) is 9.95. The SMILES string of the molecule is Nc1nc2ccc(C(=O)c3ccc(F)cc3)cn2c1-c1ccc(C(F)(F)F)cc1F. The Morgan fingerprint density at radius 2 is 1.60 bits per heavy atom. The highest BCUT2D eigenvalue weighted by atomic mass is 19.4. The van der Waals surface area contributed by atoms with Gasteiger partial charge in [0, 0.05) is 22.9 Å². The summed E-state index contributed by atoms with van der Waals surface area (Å²) in [6.07, 6.45) is -3.34. The van der Waals surface area contributed by atoms with Crippen molar-refractivity contribution in [3.8, 4) is 11.3 Å². The molecule has 4 aromatic rings. The van der Waals surface area contributed by atoms with Crippen LogP contribution in [0.5, 0.6) is 0 Å². The number of benzene rings is 2. The van der Waals surface area contributed by atoms with Crippen LogP contribution in [-0.4, -0.2) is 15.2 Å². The molecular formula is C21H12F5N3O.